The average molecular weight is 502 g/mol. The van der Waals surface area contributed by atoms with Gasteiger partial charge in [-0.15, -0.1) is 6.42 Å². The molecule has 0 aliphatic carbocycles. The minimum atomic E-state index is -1.15. The first kappa shape index (κ1) is 20.9. The molecule has 5 N–H and O–H groups in total. The minimum absolute atomic E-state index is 0.309. The Morgan fingerprint density at radius 1 is 1.21 bits per heavy atom. The fourth-order valence-electron chi connectivity index (χ4n) is 3.59. The van der Waals surface area contributed by atoms with Crippen LogP contribution in [-0.4, -0.2) is 42.9 Å². The molecule has 1 unspecified atom stereocenters. The van der Waals surface area contributed by atoms with E-state index in [2.05, 4.69) is 52.5 Å². The summed E-state index contributed by atoms with van der Waals surface area (Å²) in [4.78, 5) is 17.2. The lowest BCUT2D eigenvalue weighted by Crippen LogP contribution is -2.52. The highest BCUT2D eigenvalue weighted by molar-refractivity contribution is 9.11. The van der Waals surface area contributed by atoms with Crippen LogP contribution in [0, 0.1) is 12.3 Å². The van der Waals surface area contributed by atoms with E-state index in [9.17, 15) is 0 Å². The molecule has 1 aromatic carbocycles. The first-order valence-electron chi connectivity index (χ1n) is 10.2. The van der Waals surface area contributed by atoms with Gasteiger partial charge in [-0.25, -0.2) is 14.7 Å². The number of fused-ring (bicyclic) bond motifs is 1. The second-order valence-corrected chi connectivity index (χ2v) is 8.29. The number of aromatic nitrogens is 5. The molecule has 0 spiro atoms. The second-order valence-electron chi connectivity index (χ2n) is 7.50. The van der Waals surface area contributed by atoms with Crippen LogP contribution in [0.15, 0.2) is 76.4 Å². The van der Waals surface area contributed by atoms with Crippen LogP contribution in [0.5, 0.6) is 0 Å². The first-order valence-corrected chi connectivity index (χ1v) is 11.0. The third kappa shape index (κ3) is 4.11. The minimum Gasteiger partial charge on any atom is -0.360 e. The van der Waals surface area contributed by atoms with Crippen molar-refractivity contribution in [2.24, 2.45) is 10.7 Å². The number of aliphatic imine (C=N–C) groups is 1. The summed E-state index contributed by atoms with van der Waals surface area (Å²) in [7, 11) is 0. The molecule has 4 aromatic rings. The second kappa shape index (κ2) is 8.54. The van der Waals surface area contributed by atoms with Gasteiger partial charge >= 0.3 is 0 Å². The Kier molecular flexibility index (Phi) is 5.42. The monoisotopic (exact) mass is 501 g/mol. The number of hydrogen-bond donors (Lipinski definition) is 4. The number of para-hydroxylation sites is 2. The van der Waals surface area contributed by atoms with Crippen molar-refractivity contribution in [2.75, 3.05) is 6.54 Å². The fraction of sp³-hybridized carbons (Fsp3) is 0.130. The van der Waals surface area contributed by atoms with Gasteiger partial charge in [-0.2, -0.15) is 5.10 Å². The van der Waals surface area contributed by atoms with E-state index in [4.69, 9.17) is 17.1 Å². The van der Waals surface area contributed by atoms with Crippen molar-refractivity contribution in [1.29, 1.82) is 0 Å². The predicted molar refractivity (Wildman–Crippen MR) is 131 cm³/mol. The number of nitrogens with two attached hydrogens (primary N) is 1. The fourth-order valence-corrected chi connectivity index (χ4v) is 4.05. The molecule has 164 valence electrons. The number of benzene rings is 1. The van der Waals surface area contributed by atoms with E-state index in [-0.39, 0.29) is 0 Å². The zero-order valence-electron chi connectivity index (χ0n) is 17.5. The number of rotatable bonds is 5. The maximum absolute atomic E-state index is 6.83. The van der Waals surface area contributed by atoms with Crippen molar-refractivity contribution in [3.05, 3.63) is 77.2 Å². The van der Waals surface area contributed by atoms with Gasteiger partial charge in [0, 0.05) is 24.4 Å². The molecule has 0 saturated carbocycles. The zero-order valence-corrected chi connectivity index (χ0v) is 19.0. The molecule has 33 heavy (non-hydrogen) atoms. The summed E-state index contributed by atoms with van der Waals surface area (Å²) in [6, 6.07) is 13.5. The average Bonchev–Trinajstić information content (AvgIpc) is 3.47. The van der Waals surface area contributed by atoms with Gasteiger partial charge in [0.2, 0.25) is 5.96 Å². The van der Waals surface area contributed by atoms with E-state index in [1.165, 1.54) is 0 Å². The topological polar surface area (TPSA) is 122 Å². The van der Waals surface area contributed by atoms with Crippen molar-refractivity contribution in [2.45, 2.75) is 12.1 Å². The van der Waals surface area contributed by atoms with Crippen LogP contribution in [0.1, 0.15) is 5.82 Å². The molecule has 0 bridgehead atoms. The van der Waals surface area contributed by atoms with E-state index in [0.717, 1.165) is 22.3 Å². The van der Waals surface area contributed by atoms with Crippen molar-refractivity contribution in [3.63, 3.8) is 0 Å². The molecule has 4 heterocycles. The number of H-pyrrole nitrogens is 1. The summed E-state index contributed by atoms with van der Waals surface area (Å²) in [6.07, 6.45) is 11.1. The van der Waals surface area contributed by atoms with Crippen LogP contribution in [0.2, 0.25) is 0 Å². The number of terminal acetylenes is 1. The Morgan fingerprint density at radius 2 is 2.06 bits per heavy atom. The molecular weight excluding hydrogens is 482 g/mol. The lowest BCUT2D eigenvalue weighted by Gasteiger charge is -2.32. The zero-order chi connectivity index (χ0) is 22.8. The van der Waals surface area contributed by atoms with Crippen LogP contribution in [0.4, 0.5) is 0 Å². The standard InChI is InChI=1S/C23H20BrN9/c1-2-10-27-21-20(24)23(25,12-19-29-17-8-3-4-9-18(17)30-19)32-22(31-21)33-14-15(13-28-33)16-7-5-6-11-26-16/h1,3-9,11,13-14,27H,10,12,25H2,(H,29,30)(H,31,32). The summed E-state index contributed by atoms with van der Waals surface area (Å²) < 4.78 is 2.26. The van der Waals surface area contributed by atoms with Gasteiger partial charge in [-0.05, 0) is 40.2 Å². The van der Waals surface area contributed by atoms with Crippen molar-refractivity contribution >= 4 is 32.9 Å². The molecule has 0 fully saturated rings. The summed E-state index contributed by atoms with van der Waals surface area (Å²) in [5.41, 5.74) is 9.14. The van der Waals surface area contributed by atoms with E-state index < -0.39 is 5.66 Å². The summed E-state index contributed by atoms with van der Waals surface area (Å²) >= 11 is 3.62. The van der Waals surface area contributed by atoms with E-state index >= 15 is 0 Å². The molecule has 1 atom stereocenters. The lowest BCUT2D eigenvalue weighted by molar-refractivity contribution is 0.504. The summed E-state index contributed by atoms with van der Waals surface area (Å²) in [6.45, 7) is 0.309. The van der Waals surface area contributed by atoms with Crippen LogP contribution in [0.25, 0.3) is 22.3 Å². The predicted octanol–water partition coefficient (Wildman–Crippen LogP) is 2.31. The molecule has 10 heteroatoms. The Labute approximate surface area is 198 Å². The first-order chi connectivity index (χ1) is 16.1. The molecule has 1 aliphatic rings. The van der Waals surface area contributed by atoms with Gasteiger partial charge in [-0.3, -0.25) is 4.98 Å². The molecule has 5 rings (SSSR count). The van der Waals surface area contributed by atoms with Gasteiger partial charge in [0.15, 0.2) is 5.66 Å². The largest absolute Gasteiger partial charge is 0.360 e. The number of hydrogen-bond acceptors (Lipinski definition) is 7. The van der Waals surface area contributed by atoms with Crippen LogP contribution >= 0.6 is 15.9 Å². The SMILES string of the molecule is C#CCNC1=C(Br)C(N)(Cc2nc3ccccc3[nH]2)N=C(n2cc(-c3ccccn3)cn2)N1. The van der Waals surface area contributed by atoms with E-state index in [1.807, 2.05) is 48.7 Å². The highest BCUT2D eigenvalue weighted by Gasteiger charge is 2.37. The van der Waals surface area contributed by atoms with Crippen LogP contribution < -0.4 is 16.4 Å². The number of nitrogens with one attached hydrogen (secondary N) is 3. The maximum atomic E-state index is 6.83. The lowest BCUT2D eigenvalue weighted by atomic mass is 10.1. The van der Waals surface area contributed by atoms with Gasteiger partial charge in [-0.1, -0.05) is 24.1 Å². The van der Waals surface area contributed by atoms with Crippen molar-refractivity contribution in [3.8, 4) is 23.6 Å². The Hall–Kier alpha value is -3.94. The normalized spacial score (nSPS) is 18.0. The molecule has 1 aliphatic heterocycles. The summed E-state index contributed by atoms with van der Waals surface area (Å²) in [5, 5.41) is 10.9. The van der Waals surface area contributed by atoms with Gasteiger partial charge in [0.1, 0.15) is 11.6 Å². The van der Waals surface area contributed by atoms with Gasteiger partial charge < -0.3 is 21.4 Å². The highest BCUT2D eigenvalue weighted by Crippen LogP contribution is 2.30. The smallest absolute Gasteiger partial charge is 0.227 e. The van der Waals surface area contributed by atoms with Crippen molar-refractivity contribution < 1.29 is 0 Å². The van der Waals surface area contributed by atoms with Crippen LogP contribution in [-0.2, 0) is 6.42 Å². The third-order valence-electron chi connectivity index (χ3n) is 5.14. The van der Waals surface area contributed by atoms with Gasteiger partial charge in [0.25, 0.3) is 0 Å². The molecule has 3 aromatic heterocycles. The number of nitrogens with zero attached hydrogens (tertiary/aromatic N) is 5. The third-order valence-corrected chi connectivity index (χ3v) is 6.23. The van der Waals surface area contributed by atoms with Crippen LogP contribution in [0.3, 0.4) is 0 Å². The highest BCUT2D eigenvalue weighted by atomic mass is 79.9. The summed E-state index contributed by atoms with van der Waals surface area (Å²) in [5.74, 6) is 4.35. The molecule has 0 radical (unpaired) electrons. The van der Waals surface area contributed by atoms with E-state index in [0.29, 0.717) is 35.1 Å². The Morgan fingerprint density at radius 3 is 2.85 bits per heavy atom. The number of pyridine rings is 1. The maximum Gasteiger partial charge on any atom is 0.227 e. The Balaban J connectivity index is 1.52. The number of aromatic amines is 1. The van der Waals surface area contributed by atoms with Crippen molar-refractivity contribution in [1.82, 2.24) is 35.4 Å². The Bertz CT molecular complexity index is 1380. The van der Waals surface area contributed by atoms with Gasteiger partial charge in [0.05, 0.1) is 34.0 Å². The molecule has 0 saturated heterocycles. The molecule has 9 nitrogen and oxygen atoms in total. The van der Waals surface area contributed by atoms with E-state index in [1.54, 1.807) is 17.1 Å². The molecular formula is C23H20BrN9. The number of imidazole rings is 1. The number of halogens is 1. The molecule has 0 amide bonds. The quantitative estimate of drug-likeness (QED) is 0.311.